The Hall–Kier alpha value is -1.73. The summed E-state index contributed by atoms with van der Waals surface area (Å²) in [6, 6.07) is 3.23. The molecule has 1 aromatic carbocycles. The maximum atomic E-state index is 13.2. The van der Waals surface area contributed by atoms with Gasteiger partial charge >= 0.3 is 0 Å². The second-order valence-corrected chi connectivity index (χ2v) is 4.69. The van der Waals surface area contributed by atoms with E-state index < -0.39 is 11.7 Å². The van der Waals surface area contributed by atoms with Crippen LogP contribution in [-0.4, -0.2) is 47.7 Å². The Kier molecular flexibility index (Phi) is 6.33. The summed E-state index contributed by atoms with van der Waals surface area (Å²) in [5.41, 5.74) is 5.32. The third-order valence-corrected chi connectivity index (χ3v) is 2.87. The van der Waals surface area contributed by atoms with Gasteiger partial charge in [-0.25, -0.2) is 4.39 Å². The number of benzene rings is 1. The van der Waals surface area contributed by atoms with Crippen LogP contribution in [-0.2, 0) is 4.74 Å². The van der Waals surface area contributed by atoms with Gasteiger partial charge in [-0.15, -0.1) is 0 Å². The Balaban J connectivity index is 2.90. The maximum Gasteiger partial charge on any atom is 0.257 e. The minimum Gasteiger partial charge on any atom is -0.507 e. The van der Waals surface area contributed by atoms with E-state index in [0.29, 0.717) is 19.6 Å². The Morgan fingerprint density at radius 3 is 2.80 bits per heavy atom. The number of carbonyl (C=O) groups excluding carboxylic acids is 1. The molecule has 7 heteroatoms. The summed E-state index contributed by atoms with van der Waals surface area (Å²) < 4.78 is 18.1. The van der Waals surface area contributed by atoms with Gasteiger partial charge in [0.05, 0.1) is 17.2 Å². The highest BCUT2D eigenvalue weighted by Crippen LogP contribution is 2.20. The van der Waals surface area contributed by atoms with Gasteiger partial charge in [0.2, 0.25) is 0 Å². The second kappa shape index (κ2) is 7.76. The van der Waals surface area contributed by atoms with Gasteiger partial charge in [0, 0.05) is 26.6 Å². The third kappa shape index (κ3) is 4.75. The van der Waals surface area contributed by atoms with Crippen molar-refractivity contribution in [2.75, 3.05) is 26.8 Å². The number of phenolic OH excluding ortho intramolecular Hbond substituents is 1. The molecule has 5 nitrogen and oxygen atoms in total. The second-order valence-electron chi connectivity index (χ2n) is 4.16. The molecule has 0 heterocycles. The molecule has 1 rings (SSSR count). The first-order chi connectivity index (χ1) is 9.45. The van der Waals surface area contributed by atoms with Gasteiger partial charge < -0.3 is 20.5 Å². The predicted molar refractivity (Wildman–Crippen MR) is 77.2 cm³/mol. The predicted octanol–water partition coefficient (Wildman–Crippen LogP) is 1.30. The van der Waals surface area contributed by atoms with Crippen molar-refractivity contribution in [3.05, 3.63) is 29.6 Å². The van der Waals surface area contributed by atoms with Crippen LogP contribution in [0.3, 0.4) is 0 Å². The lowest BCUT2D eigenvalue weighted by molar-refractivity contribution is 0.0698. The summed E-state index contributed by atoms with van der Waals surface area (Å²) in [7, 11) is 1.51. The lowest BCUT2D eigenvalue weighted by Crippen LogP contribution is -2.36. The van der Waals surface area contributed by atoms with Crippen molar-refractivity contribution >= 4 is 23.1 Å². The van der Waals surface area contributed by atoms with Crippen molar-refractivity contribution in [2.24, 2.45) is 5.73 Å². The number of nitrogens with two attached hydrogens (primary N) is 1. The van der Waals surface area contributed by atoms with E-state index in [2.05, 4.69) is 0 Å². The van der Waals surface area contributed by atoms with Gasteiger partial charge in [-0.3, -0.25) is 4.79 Å². The molecule has 0 atom stereocenters. The minimum atomic E-state index is -0.591. The highest BCUT2D eigenvalue weighted by Gasteiger charge is 2.19. The van der Waals surface area contributed by atoms with Crippen LogP contribution in [0.15, 0.2) is 18.2 Å². The normalized spacial score (nSPS) is 10.3. The van der Waals surface area contributed by atoms with E-state index in [0.717, 1.165) is 18.2 Å². The smallest absolute Gasteiger partial charge is 0.257 e. The van der Waals surface area contributed by atoms with E-state index in [9.17, 15) is 14.3 Å². The van der Waals surface area contributed by atoms with Crippen LogP contribution < -0.4 is 5.73 Å². The van der Waals surface area contributed by atoms with Gasteiger partial charge in [-0.05, 0) is 18.2 Å². The summed E-state index contributed by atoms with van der Waals surface area (Å²) in [6.07, 6.45) is 0.348. The Labute approximate surface area is 122 Å². The van der Waals surface area contributed by atoms with Gasteiger partial charge in [0.25, 0.3) is 5.91 Å². The van der Waals surface area contributed by atoms with E-state index in [1.54, 1.807) is 0 Å². The van der Waals surface area contributed by atoms with Crippen molar-refractivity contribution in [3.63, 3.8) is 0 Å². The number of thiocarbonyl (C=S) groups is 1. The largest absolute Gasteiger partial charge is 0.507 e. The molecule has 0 fully saturated rings. The van der Waals surface area contributed by atoms with Crippen LogP contribution in [0.2, 0.25) is 0 Å². The maximum absolute atomic E-state index is 13.2. The fourth-order valence-electron chi connectivity index (χ4n) is 1.61. The fourth-order valence-corrected chi connectivity index (χ4v) is 1.70. The molecular formula is C13H17FN2O3S. The van der Waals surface area contributed by atoms with Gasteiger partial charge in [0.1, 0.15) is 11.6 Å². The number of phenols is 1. The number of carbonyl (C=O) groups is 1. The number of nitrogens with zero attached hydrogens (tertiary/aromatic N) is 1. The fraction of sp³-hybridized carbons (Fsp3) is 0.385. The van der Waals surface area contributed by atoms with Crippen molar-refractivity contribution in [1.82, 2.24) is 4.90 Å². The van der Waals surface area contributed by atoms with E-state index in [1.165, 1.54) is 12.0 Å². The minimum absolute atomic E-state index is 0.0935. The monoisotopic (exact) mass is 300 g/mol. The Bertz CT molecular complexity index is 497. The van der Waals surface area contributed by atoms with Crippen molar-refractivity contribution < 1.29 is 19.0 Å². The zero-order chi connectivity index (χ0) is 15.1. The SMILES string of the molecule is COCCN(CCC(N)=S)C(=O)c1cc(F)ccc1O. The third-order valence-electron chi connectivity index (χ3n) is 2.67. The number of hydrogen-bond acceptors (Lipinski definition) is 4. The molecule has 110 valence electrons. The average molecular weight is 300 g/mol. The number of halogens is 1. The van der Waals surface area contributed by atoms with E-state index in [-0.39, 0.29) is 22.8 Å². The molecule has 0 spiro atoms. The van der Waals surface area contributed by atoms with E-state index in [4.69, 9.17) is 22.7 Å². The highest BCUT2D eigenvalue weighted by atomic mass is 32.1. The summed E-state index contributed by atoms with van der Waals surface area (Å²) >= 11 is 4.78. The summed E-state index contributed by atoms with van der Waals surface area (Å²) in [6.45, 7) is 0.903. The van der Waals surface area contributed by atoms with Gasteiger partial charge in [-0.2, -0.15) is 0 Å². The Morgan fingerprint density at radius 2 is 2.20 bits per heavy atom. The Morgan fingerprint density at radius 1 is 1.50 bits per heavy atom. The summed E-state index contributed by atoms with van der Waals surface area (Å²) in [5.74, 6) is -1.35. The topological polar surface area (TPSA) is 75.8 Å². The lowest BCUT2D eigenvalue weighted by Gasteiger charge is -2.22. The van der Waals surface area contributed by atoms with Crippen molar-refractivity contribution in [3.8, 4) is 5.75 Å². The number of aromatic hydroxyl groups is 1. The summed E-state index contributed by atoms with van der Waals surface area (Å²) in [4.78, 5) is 14.0. The van der Waals surface area contributed by atoms with Crippen LogP contribution in [0.25, 0.3) is 0 Å². The van der Waals surface area contributed by atoms with Crippen molar-refractivity contribution in [2.45, 2.75) is 6.42 Å². The quantitative estimate of drug-likeness (QED) is 0.742. The molecule has 1 aromatic rings. The van der Waals surface area contributed by atoms with Crippen LogP contribution in [0, 0.1) is 5.82 Å². The molecule has 0 aliphatic heterocycles. The zero-order valence-electron chi connectivity index (χ0n) is 11.1. The van der Waals surface area contributed by atoms with Gasteiger partial charge in [-0.1, -0.05) is 12.2 Å². The zero-order valence-corrected chi connectivity index (χ0v) is 12.0. The van der Waals surface area contributed by atoms with E-state index >= 15 is 0 Å². The van der Waals surface area contributed by atoms with Crippen molar-refractivity contribution in [1.29, 1.82) is 0 Å². The van der Waals surface area contributed by atoms with Crippen LogP contribution in [0.5, 0.6) is 5.75 Å². The molecule has 0 aliphatic carbocycles. The standard InChI is InChI=1S/C13H17FN2O3S/c1-19-7-6-16(5-4-12(15)20)13(18)10-8-9(14)2-3-11(10)17/h2-3,8,17H,4-7H2,1H3,(H2,15,20). The number of methoxy groups -OCH3 is 1. The molecule has 20 heavy (non-hydrogen) atoms. The van der Waals surface area contributed by atoms with Gasteiger partial charge in [0.15, 0.2) is 0 Å². The molecule has 1 amide bonds. The number of rotatable bonds is 7. The molecule has 0 bridgehead atoms. The van der Waals surface area contributed by atoms with Crippen LogP contribution >= 0.6 is 12.2 Å². The molecule has 0 saturated heterocycles. The van der Waals surface area contributed by atoms with Crippen LogP contribution in [0.1, 0.15) is 16.8 Å². The highest BCUT2D eigenvalue weighted by molar-refractivity contribution is 7.80. The number of ether oxygens (including phenoxy) is 1. The first kappa shape index (κ1) is 16.3. The number of hydrogen-bond donors (Lipinski definition) is 2. The molecule has 0 unspecified atom stereocenters. The molecule has 0 radical (unpaired) electrons. The van der Waals surface area contributed by atoms with Crippen LogP contribution in [0.4, 0.5) is 4.39 Å². The number of amides is 1. The molecule has 3 N–H and O–H groups in total. The average Bonchev–Trinajstić information content (AvgIpc) is 2.40. The molecular weight excluding hydrogens is 283 g/mol. The lowest BCUT2D eigenvalue weighted by atomic mass is 10.1. The first-order valence-electron chi connectivity index (χ1n) is 6.00. The first-order valence-corrected chi connectivity index (χ1v) is 6.41. The molecule has 0 saturated carbocycles. The van der Waals surface area contributed by atoms with E-state index in [1.807, 2.05) is 0 Å². The summed E-state index contributed by atoms with van der Waals surface area (Å²) in [5, 5.41) is 9.66. The molecule has 0 aliphatic rings. The molecule has 0 aromatic heterocycles.